The van der Waals surface area contributed by atoms with Crippen LogP contribution in [0.2, 0.25) is 0 Å². The number of aromatic nitrogens is 1. The summed E-state index contributed by atoms with van der Waals surface area (Å²) in [5.74, 6) is 0. The highest BCUT2D eigenvalue weighted by atomic mass is 32.2. The third kappa shape index (κ3) is 2.35. The highest BCUT2D eigenvalue weighted by molar-refractivity contribution is 7.98. The maximum absolute atomic E-state index is 10.8. The van der Waals surface area contributed by atoms with Crippen LogP contribution in [0, 0.1) is 10.1 Å². The number of hydrogen-bond donors (Lipinski definition) is 0. The van der Waals surface area contributed by atoms with E-state index in [1.54, 1.807) is 24.1 Å². The van der Waals surface area contributed by atoms with Gasteiger partial charge in [0.15, 0.2) is 0 Å². The molecule has 112 valence electrons. The number of rotatable bonds is 3. The first-order valence-electron chi connectivity index (χ1n) is 7.15. The summed E-state index contributed by atoms with van der Waals surface area (Å²) >= 11 is 1.57. The van der Waals surface area contributed by atoms with E-state index < -0.39 is 0 Å². The van der Waals surface area contributed by atoms with Crippen LogP contribution < -0.4 is 0 Å². The summed E-state index contributed by atoms with van der Waals surface area (Å²) in [5, 5.41) is 13.2. The molecule has 4 rings (SSSR count). The summed E-state index contributed by atoms with van der Waals surface area (Å²) < 4.78 is 2.17. The maximum atomic E-state index is 10.8. The van der Waals surface area contributed by atoms with Gasteiger partial charge in [-0.15, -0.1) is 0 Å². The van der Waals surface area contributed by atoms with Crippen LogP contribution in [-0.4, -0.2) is 8.90 Å². The molecule has 1 aromatic heterocycles. The van der Waals surface area contributed by atoms with Crippen molar-refractivity contribution in [3.63, 3.8) is 0 Å². The highest BCUT2D eigenvalue weighted by Gasteiger charge is 2.11. The van der Waals surface area contributed by atoms with Crippen molar-refractivity contribution in [3.05, 3.63) is 82.9 Å². The van der Waals surface area contributed by atoms with E-state index in [-0.39, 0.29) is 10.6 Å². The molecule has 0 aliphatic rings. The van der Waals surface area contributed by atoms with Crippen molar-refractivity contribution in [1.82, 2.24) is 3.97 Å². The fraction of sp³-hybridized carbons (Fsp3) is 0. The lowest BCUT2D eigenvalue weighted by atomic mass is 10.2. The van der Waals surface area contributed by atoms with E-state index in [4.69, 9.17) is 0 Å². The van der Waals surface area contributed by atoms with Crippen LogP contribution in [0.1, 0.15) is 0 Å². The molecule has 3 aromatic carbocycles. The average Bonchev–Trinajstić information content (AvgIpc) is 2.90. The second kappa shape index (κ2) is 5.44. The van der Waals surface area contributed by atoms with E-state index in [2.05, 4.69) is 28.2 Å². The van der Waals surface area contributed by atoms with Gasteiger partial charge in [0.25, 0.3) is 5.69 Å². The summed E-state index contributed by atoms with van der Waals surface area (Å²) in [7, 11) is 0. The molecule has 1 heterocycles. The zero-order chi connectivity index (χ0) is 15.8. The van der Waals surface area contributed by atoms with Gasteiger partial charge < -0.3 is 0 Å². The Balaban J connectivity index is 1.85. The topological polar surface area (TPSA) is 48.1 Å². The highest BCUT2D eigenvalue weighted by Crippen LogP contribution is 2.35. The predicted molar refractivity (Wildman–Crippen MR) is 93.8 cm³/mol. The van der Waals surface area contributed by atoms with E-state index in [0.29, 0.717) is 0 Å². The van der Waals surface area contributed by atoms with E-state index in [1.807, 2.05) is 24.3 Å². The SMILES string of the molecule is O=[N+]([O-])c1ccc(Sn2c3ccccc3c3ccccc32)cc1. The van der Waals surface area contributed by atoms with Crippen molar-refractivity contribution in [1.29, 1.82) is 0 Å². The summed E-state index contributed by atoms with van der Waals surface area (Å²) in [6, 6.07) is 23.2. The van der Waals surface area contributed by atoms with E-state index >= 15 is 0 Å². The Morgan fingerprint density at radius 3 is 1.83 bits per heavy atom. The van der Waals surface area contributed by atoms with Gasteiger partial charge in [0.05, 0.1) is 16.0 Å². The number of nitro groups is 1. The van der Waals surface area contributed by atoms with Crippen LogP contribution in [0.25, 0.3) is 21.8 Å². The Hall–Kier alpha value is -2.79. The van der Waals surface area contributed by atoms with Gasteiger partial charge in [-0.05, 0) is 36.2 Å². The molecule has 5 heteroatoms. The number of non-ortho nitro benzene ring substituents is 1. The standard InChI is InChI=1S/C18H12N2O2S/c21-20(22)13-9-11-14(12-10-13)23-19-17-7-3-1-5-15(17)16-6-2-4-8-18(16)19/h1-12H. The molecule has 4 aromatic rings. The molecule has 0 saturated heterocycles. The Morgan fingerprint density at radius 2 is 1.30 bits per heavy atom. The smallest absolute Gasteiger partial charge is 0.269 e. The molecule has 0 saturated carbocycles. The van der Waals surface area contributed by atoms with E-state index in [1.165, 1.54) is 22.9 Å². The number of nitro benzene ring substituents is 1. The van der Waals surface area contributed by atoms with Gasteiger partial charge in [-0.25, -0.2) is 0 Å². The Labute approximate surface area is 136 Å². The zero-order valence-electron chi connectivity index (χ0n) is 12.0. The summed E-state index contributed by atoms with van der Waals surface area (Å²) in [6.07, 6.45) is 0. The van der Waals surface area contributed by atoms with Gasteiger partial charge in [0.1, 0.15) is 0 Å². The molecule has 0 amide bonds. The second-order valence-electron chi connectivity index (χ2n) is 5.17. The van der Waals surface area contributed by atoms with Gasteiger partial charge in [0.2, 0.25) is 0 Å². The summed E-state index contributed by atoms with van der Waals surface area (Å²) in [5.41, 5.74) is 2.38. The third-order valence-electron chi connectivity index (χ3n) is 3.78. The lowest BCUT2D eigenvalue weighted by molar-refractivity contribution is -0.384. The van der Waals surface area contributed by atoms with Crippen LogP contribution in [-0.2, 0) is 0 Å². The molecule has 0 aliphatic carbocycles. The normalized spacial score (nSPS) is 11.1. The Bertz CT molecular complexity index is 969. The molecule has 4 nitrogen and oxygen atoms in total. The molecular formula is C18H12N2O2S. The van der Waals surface area contributed by atoms with E-state index in [0.717, 1.165) is 15.9 Å². The van der Waals surface area contributed by atoms with Crippen LogP contribution in [0.15, 0.2) is 77.7 Å². The summed E-state index contributed by atoms with van der Waals surface area (Å²) in [6.45, 7) is 0. The molecule has 23 heavy (non-hydrogen) atoms. The molecular weight excluding hydrogens is 308 g/mol. The first kappa shape index (κ1) is 13.8. The molecule has 0 radical (unpaired) electrons. The lowest BCUT2D eigenvalue weighted by Gasteiger charge is -2.06. The minimum absolute atomic E-state index is 0.108. The van der Waals surface area contributed by atoms with Gasteiger partial charge in [-0.2, -0.15) is 0 Å². The largest absolute Gasteiger partial charge is 0.279 e. The van der Waals surface area contributed by atoms with Crippen molar-refractivity contribution in [2.75, 3.05) is 0 Å². The van der Waals surface area contributed by atoms with Crippen LogP contribution >= 0.6 is 11.9 Å². The van der Waals surface area contributed by atoms with Crippen molar-refractivity contribution in [3.8, 4) is 0 Å². The fourth-order valence-corrected chi connectivity index (χ4v) is 3.70. The van der Waals surface area contributed by atoms with Crippen LogP contribution in [0.5, 0.6) is 0 Å². The Morgan fingerprint density at radius 1 is 0.783 bits per heavy atom. The van der Waals surface area contributed by atoms with Gasteiger partial charge in [0, 0.05) is 27.8 Å². The van der Waals surface area contributed by atoms with Gasteiger partial charge >= 0.3 is 0 Å². The molecule has 0 atom stereocenters. The number of benzene rings is 3. The minimum Gasteiger partial charge on any atom is -0.279 e. The van der Waals surface area contributed by atoms with Gasteiger partial charge in [-0.3, -0.25) is 14.1 Å². The van der Waals surface area contributed by atoms with Crippen molar-refractivity contribution in [2.24, 2.45) is 0 Å². The van der Waals surface area contributed by atoms with Crippen molar-refractivity contribution < 1.29 is 4.92 Å². The molecule has 0 bridgehead atoms. The second-order valence-corrected chi connectivity index (χ2v) is 6.19. The number of hydrogen-bond acceptors (Lipinski definition) is 3. The quantitative estimate of drug-likeness (QED) is 0.382. The predicted octanol–water partition coefficient (Wildman–Crippen LogP) is 5.26. The van der Waals surface area contributed by atoms with Crippen molar-refractivity contribution in [2.45, 2.75) is 4.90 Å². The van der Waals surface area contributed by atoms with E-state index in [9.17, 15) is 10.1 Å². The lowest BCUT2D eigenvalue weighted by Crippen LogP contribution is -1.89. The number of nitrogens with zero attached hydrogens (tertiary/aromatic N) is 2. The monoisotopic (exact) mass is 320 g/mol. The number of fused-ring (bicyclic) bond motifs is 3. The zero-order valence-corrected chi connectivity index (χ0v) is 12.9. The Kier molecular flexibility index (Phi) is 3.28. The molecule has 0 spiro atoms. The molecule has 0 unspecified atom stereocenters. The first-order valence-corrected chi connectivity index (χ1v) is 7.92. The van der Waals surface area contributed by atoms with Crippen LogP contribution in [0.3, 0.4) is 0 Å². The third-order valence-corrected chi connectivity index (χ3v) is 4.84. The van der Waals surface area contributed by atoms with Crippen molar-refractivity contribution >= 4 is 39.4 Å². The van der Waals surface area contributed by atoms with Crippen LogP contribution in [0.4, 0.5) is 5.69 Å². The first-order chi connectivity index (χ1) is 11.2. The molecule has 0 N–H and O–H groups in total. The average molecular weight is 320 g/mol. The molecule has 0 aliphatic heterocycles. The van der Waals surface area contributed by atoms with Gasteiger partial charge in [-0.1, -0.05) is 36.4 Å². The fourth-order valence-electron chi connectivity index (χ4n) is 2.72. The summed E-state index contributed by atoms with van der Waals surface area (Å²) in [4.78, 5) is 11.4. The number of para-hydroxylation sites is 2. The maximum Gasteiger partial charge on any atom is 0.269 e. The molecule has 0 fully saturated rings. The minimum atomic E-state index is -0.380.